The van der Waals surface area contributed by atoms with Crippen LogP contribution < -0.4 is 15.0 Å². The fourth-order valence-corrected chi connectivity index (χ4v) is 3.38. The number of ketones is 1. The van der Waals surface area contributed by atoms with Crippen LogP contribution in [0.5, 0.6) is 5.75 Å². The van der Waals surface area contributed by atoms with Crippen LogP contribution in [0.4, 0.5) is 5.69 Å². The molecule has 0 amide bonds. The normalized spacial score (nSPS) is 20.5. The molecular formula is C17H24N2O2. The van der Waals surface area contributed by atoms with Crippen LogP contribution in [-0.4, -0.2) is 38.1 Å². The van der Waals surface area contributed by atoms with Crippen molar-refractivity contribution in [3.63, 3.8) is 0 Å². The summed E-state index contributed by atoms with van der Waals surface area (Å²) in [5.41, 5.74) is 3.10. The van der Waals surface area contributed by atoms with Crippen molar-refractivity contribution in [2.24, 2.45) is 0 Å². The van der Waals surface area contributed by atoms with Crippen molar-refractivity contribution in [2.75, 3.05) is 31.1 Å². The van der Waals surface area contributed by atoms with Gasteiger partial charge in [0.05, 0.1) is 11.7 Å². The molecule has 4 nitrogen and oxygen atoms in total. The SMILES string of the molecule is CCCC(=O)c1ccc2c(c1CC)OCC1CNCCN21. The van der Waals surface area contributed by atoms with Gasteiger partial charge in [0.1, 0.15) is 12.4 Å². The van der Waals surface area contributed by atoms with Crippen molar-refractivity contribution >= 4 is 11.5 Å². The van der Waals surface area contributed by atoms with E-state index in [1.165, 1.54) is 0 Å². The van der Waals surface area contributed by atoms with Gasteiger partial charge in [0, 0.05) is 37.2 Å². The van der Waals surface area contributed by atoms with Crippen molar-refractivity contribution < 1.29 is 9.53 Å². The van der Waals surface area contributed by atoms with Gasteiger partial charge in [-0.15, -0.1) is 0 Å². The zero-order valence-corrected chi connectivity index (χ0v) is 12.9. The van der Waals surface area contributed by atoms with Crippen LogP contribution in [0.25, 0.3) is 0 Å². The zero-order valence-electron chi connectivity index (χ0n) is 12.9. The van der Waals surface area contributed by atoms with Crippen molar-refractivity contribution in [1.29, 1.82) is 0 Å². The lowest BCUT2D eigenvalue weighted by molar-refractivity contribution is 0.0980. The van der Waals surface area contributed by atoms with Gasteiger partial charge in [-0.25, -0.2) is 0 Å². The van der Waals surface area contributed by atoms with Crippen LogP contribution in [-0.2, 0) is 6.42 Å². The number of fused-ring (bicyclic) bond motifs is 3. The van der Waals surface area contributed by atoms with E-state index in [0.717, 1.165) is 55.0 Å². The van der Waals surface area contributed by atoms with Gasteiger partial charge in [-0.05, 0) is 25.0 Å². The van der Waals surface area contributed by atoms with Crippen LogP contribution in [0, 0.1) is 0 Å². The predicted molar refractivity (Wildman–Crippen MR) is 84.6 cm³/mol. The highest BCUT2D eigenvalue weighted by Crippen LogP contribution is 2.39. The molecule has 1 aromatic carbocycles. The maximum Gasteiger partial charge on any atom is 0.163 e. The Balaban J connectivity index is 2.01. The van der Waals surface area contributed by atoms with E-state index >= 15 is 0 Å². The first kappa shape index (κ1) is 14.4. The molecule has 0 radical (unpaired) electrons. The number of benzene rings is 1. The Labute approximate surface area is 126 Å². The number of hydrogen-bond donors (Lipinski definition) is 1. The second-order valence-electron chi connectivity index (χ2n) is 5.83. The van der Waals surface area contributed by atoms with E-state index in [4.69, 9.17) is 4.74 Å². The highest BCUT2D eigenvalue weighted by atomic mass is 16.5. The average molecular weight is 288 g/mol. The Morgan fingerprint density at radius 3 is 3.05 bits per heavy atom. The van der Waals surface area contributed by atoms with Crippen LogP contribution >= 0.6 is 0 Å². The maximum absolute atomic E-state index is 12.3. The summed E-state index contributed by atoms with van der Waals surface area (Å²) in [6.07, 6.45) is 2.34. The summed E-state index contributed by atoms with van der Waals surface area (Å²) >= 11 is 0. The lowest BCUT2D eigenvalue weighted by atomic mass is 9.95. The van der Waals surface area contributed by atoms with E-state index in [0.29, 0.717) is 19.1 Å². The summed E-state index contributed by atoms with van der Waals surface area (Å²) < 4.78 is 6.05. The lowest BCUT2D eigenvalue weighted by Gasteiger charge is -2.42. The maximum atomic E-state index is 12.3. The molecule has 0 spiro atoms. The molecule has 0 saturated carbocycles. The standard InChI is InChI=1S/C17H24N2O2/c1-3-5-16(20)14-6-7-15-17(13(14)4-2)21-11-12-10-18-8-9-19(12)15/h6-7,12,18H,3-5,8-11H2,1-2H3. The Bertz CT molecular complexity index is 542. The summed E-state index contributed by atoms with van der Waals surface area (Å²) in [6, 6.07) is 4.49. The van der Waals surface area contributed by atoms with Gasteiger partial charge in [-0.1, -0.05) is 13.8 Å². The minimum absolute atomic E-state index is 0.239. The van der Waals surface area contributed by atoms with E-state index < -0.39 is 0 Å². The third kappa shape index (κ3) is 2.53. The monoisotopic (exact) mass is 288 g/mol. The topological polar surface area (TPSA) is 41.6 Å². The molecule has 2 aliphatic heterocycles. The van der Waals surface area contributed by atoms with Crippen molar-refractivity contribution in [2.45, 2.75) is 39.2 Å². The molecule has 1 unspecified atom stereocenters. The molecule has 2 aliphatic rings. The van der Waals surface area contributed by atoms with Gasteiger partial charge in [0.2, 0.25) is 0 Å². The van der Waals surface area contributed by atoms with Crippen molar-refractivity contribution in [3.8, 4) is 5.75 Å². The average Bonchev–Trinajstić information content (AvgIpc) is 2.53. The highest BCUT2D eigenvalue weighted by Gasteiger charge is 2.32. The van der Waals surface area contributed by atoms with Gasteiger partial charge in [-0.3, -0.25) is 4.79 Å². The van der Waals surface area contributed by atoms with Crippen LogP contribution in [0.1, 0.15) is 42.6 Å². The molecule has 1 fully saturated rings. The minimum Gasteiger partial charge on any atom is -0.489 e. The van der Waals surface area contributed by atoms with E-state index in [-0.39, 0.29) is 5.78 Å². The van der Waals surface area contributed by atoms with Crippen LogP contribution in [0.3, 0.4) is 0 Å². The number of piperazine rings is 1. The molecule has 0 aromatic heterocycles. The number of rotatable bonds is 4. The molecule has 0 bridgehead atoms. The molecule has 1 saturated heterocycles. The largest absolute Gasteiger partial charge is 0.489 e. The Hall–Kier alpha value is -1.55. The molecule has 0 aliphatic carbocycles. The van der Waals surface area contributed by atoms with Crippen LogP contribution in [0.2, 0.25) is 0 Å². The molecule has 1 atom stereocenters. The van der Waals surface area contributed by atoms with Crippen LogP contribution in [0.15, 0.2) is 12.1 Å². The van der Waals surface area contributed by atoms with E-state index in [9.17, 15) is 4.79 Å². The van der Waals surface area contributed by atoms with E-state index in [1.807, 2.05) is 13.0 Å². The third-order valence-corrected chi connectivity index (χ3v) is 4.45. The lowest BCUT2D eigenvalue weighted by Crippen LogP contribution is -2.55. The molecule has 1 N–H and O–H groups in total. The van der Waals surface area contributed by atoms with Gasteiger partial charge >= 0.3 is 0 Å². The summed E-state index contributed by atoms with van der Waals surface area (Å²) in [4.78, 5) is 14.7. The number of carbonyl (C=O) groups excluding carboxylic acids is 1. The number of Topliss-reactive ketones (excluding diaryl/α,β-unsaturated/α-hetero) is 1. The summed E-state index contributed by atoms with van der Waals surface area (Å²) in [5, 5.41) is 3.41. The Morgan fingerprint density at radius 2 is 2.29 bits per heavy atom. The highest BCUT2D eigenvalue weighted by molar-refractivity contribution is 5.99. The second-order valence-corrected chi connectivity index (χ2v) is 5.83. The fraction of sp³-hybridized carbons (Fsp3) is 0.588. The molecule has 4 heteroatoms. The molecule has 3 rings (SSSR count). The predicted octanol–water partition coefficient (Wildman–Crippen LogP) is 2.40. The number of ether oxygens (including phenoxy) is 1. The van der Waals surface area contributed by atoms with Gasteiger partial charge < -0.3 is 15.0 Å². The number of anilines is 1. The smallest absolute Gasteiger partial charge is 0.163 e. The first-order valence-electron chi connectivity index (χ1n) is 8.05. The minimum atomic E-state index is 0.239. The summed E-state index contributed by atoms with van der Waals surface area (Å²) in [7, 11) is 0. The third-order valence-electron chi connectivity index (χ3n) is 4.45. The second kappa shape index (κ2) is 6.06. The zero-order chi connectivity index (χ0) is 14.8. The molecule has 21 heavy (non-hydrogen) atoms. The summed E-state index contributed by atoms with van der Waals surface area (Å²) in [5.74, 6) is 1.18. The Kier molecular flexibility index (Phi) is 4.15. The molecule has 2 heterocycles. The first-order chi connectivity index (χ1) is 10.3. The quantitative estimate of drug-likeness (QED) is 0.864. The number of hydrogen-bond acceptors (Lipinski definition) is 4. The number of nitrogens with one attached hydrogen (secondary N) is 1. The first-order valence-corrected chi connectivity index (χ1v) is 8.05. The molecule has 114 valence electrons. The van der Waals surface area contributed by atoms with Crippen molar-refractivity contribution in [3.05, 3.63) is 23.3 Å². The fourth-order valence-electron chi connectivity index (χ4n) is 3.38. The number of nitrogens with zero attached hydrogens (tertiary/aromatic N) is 1. The Morgan fingerprint density at radius 1 is 1.43 bits per heavy atom. The van der Waals surface area contributed by atoms with Gasteiger partial charge in [-0.2, -0.15) is 0 Å². The van der Waals surface area contributed by atoms with E-state index in [1.54, 1.807) is 0 Å². The van der Waals surface area contributed by atoms with Gasteiger partial charge in [0.25, 0.3) is 0 Å². The van der Waals surface area contributed by atoms with Gasteiger partial charge in [0.15, 0.2) is 5.78 Å². The van der Waals surface area contributed by atoms with Crippen molar-refractivity contribution in [1.82, 2.24) is 5.32 Å². The summed E-state index contributed by atoms with van der Waals surface area (Å²) in [6.45, 7) is 7.84. The molecular weight excluding hydrogens is 264 g/mol. The molecule has 1 aromatic rings. The van der Waals surface area contributed by atoms with E-state index in [2.05, 4.69) is 23.2 Å². The number of carbonyl (C=O) groups is 1.